The number of rotatable bonds is 1. The Morgan fingerprint density at radius 3 is 2.73 bits per heavy atom. The van der Waals surface area contributed by atoms with Gasteiger partial charge in [0.05, 0.1) is 6.61 Å². The van der Waals surface area contributed by atoms with Crippen LogP contribution in [0.2, 0.25) is 0 Å². The van der Waals surface area contributed by atoms with E-state index in [1.165, 1.54) is 5.56 Å². The molecule has 0 saturated carbocycles. The molecule has 2 heteroatoms. The fraction of sp³-hybridized carbons (Fsp3) is 0.333. The smallest absolute Gasteiger partial charge is 0.128 e. The molecule has 2 rings (SSSR count). The van der Waals surface area contributed by atoms with Gasteiger partial charge in [0.1, 0.15) is 5.44 Å². The Hall–Kier alpha value is -0.470. The average Bonchev–Trinajstić information content (AvgIpc) is 2.58. The molecule has 0 bridgehead atoms. The van der Waals surface area contributed by atoms with E-state index in [1.807, 2.05) is 17.8 Å². The first-order chi connectivity index (χ1) is 5.47. The molecule has 11 heavy (non-hydrogen) atoms. The molecule has 1 unspecified atom stereocenters. The van der Waals surface area contributed by atoms with Crippen LogP contribution in [0.1, 0.15) is 11.0 Å². The summed E-state index contributed by atoms with van der Waals surface area (Å²) in [5.74, 6) is 1.12. The van der Waals surface area contributed by atoms with Gasteiger partial charge in [0.2, 0.25) is 0 Å². The van der Waals surface area contributed by atoms with Gasteiger partial charge in [0, 0.05) is 5.75 Å². The molecule has 1 aromatic rings. The van der Waals surface area contributed by atoms with Crippen molar-refractivity contribution in [3.8, 4) is 0 Å². The van der Waals surface area contributed by atoms with Gasteiger partial charge in [0.25, 0.3) is 0 Å². The molecule has 0 aromatic heterocycles. The van der Waals surface area contributed by atoms with Crippen LogP contribution in [0.4, 0.5) is 0 Å². The highest BCUT2D eigenvalue weighted by Crippen LogP contribution is 2.34. The molecule has 1 aromatic carbocycles. The van der Waals surface area contributed by atoms with Gasteiger partial charge in [-0.05, 0) is 5.56 Å². The minimum atomic E-state index is 0.288. The summed E-state index contributed by atoms with van der Waals surface area (Å²) in [5.41, 5.74) is 1.58. The van der Waals surface area contributed by atoms with E-state index in [1.54, 1.807) is 0 Å². The summed E-state index contributed by atoms with van der Waals surface area (Å²) >= 11 is 1.87. The summed E-state index contributed by atoms with van der Waals surface area (Å²) in [6.07, 6.45) is 0. The second kappa shape index (κ2) is 3.28. The molecule has 1 saturated heterocycles. The van der Waals surface area contributed by atoms with Crippen molar-refractivity contribution >= 4 is 11.8 Å². The summed E-state index contributed by atoms with van der Waals surface area (Å²) in [5, 5.41) is 0. The molecule has 0 N–H and O–H groups in total. The quantitative estimate of drug-likeness (QED) is 0.633. The summed E-state index contributed by atoms with van der Waals surface area (Å²) in [6, 6.07) is 10.4. The molecule has 58 valence electrons. The Morgan fingerprint density at radius 2 is 2.09 bits per heavy atom. The minimum absolute atomic E-state index is 0.288. The summed E-state index contributed by atoms with van der Waals surface area (Å²) < 4.78 is 5.50. The predicted octanol–water partition coefficient (Wildman–Crippen LogP) is 2.45. The maximum Gasteiger partial charge on any atom is 0.128 e. The van der Waals surface area contributed by atoms with Crippen LogP contribution in [0.5, 0.6) is 0 Å². The number of thioether (sulfide) groups is 1. The van der Waals surface area contributed by atoms with E-state index in [-0.39, 0.29) is 5.44 Å². The van der Waals surface area contributed by atoms with Crippen LogP contribution in [0.25, 0.3) is 0 Å². The first-order valence-corrected chi connectivity index (χ1v) is 4.80. The molecule has 0 aliphatic carbocycles. The fourth-order valence-corrected chi connectivity index (χ4v) is 2.11. The van der Waals surface area contributed by atoms with E-state index < -0.39 is 0 Å². The maximum atomic E-state index is 5.50. The first kappa shape index (κ1) is 7.19. The molecular weight excluding hydrogens is 156 g/mol. The van der Waals surface area contributed by atoms with Gasteiger partial charge in [-0.3, -0.25) is 0 Å². The van der Waals surface area contributed by atoms with Gasteiger partial charge in [-0.1, -0.05) is 30.3 Å². The second-order valence-electron chi connectivity index (χ2n) is 2.48. The van der Waals surface area contributed by atoms with Crippen molar-refractivity contribution < 1.29 is 4.74 Å². The standard InChI is InChI=1S/C9H10OS/c1-2-4-8(5-3-1)9-10-6-7-11-9/h1-5,9H,6-7H2. The zero-order chi connectivity index (χ0) is 7.52. The van der Waals surface area contributed by atoms with Gasteiger partial charge in [-0.2, -0.15) is 0 Å². The lowest BCUT2D eigenvalue weighted by Crippen LogP contribution is -1.91. The highest BCUT2D eigenvalue weighted by atomic mass is 32.2. The Labute approximate surface area is 70.8 Å². The van der Waals surface area contributed by atoms with Crippen molar-refractivity contribution in [3.05, 3.63) is 35.9 Å². The lowest BCUT2D eigenvalue weighted by molar-refractivity contribution is 0.145. The number of hydrogen-bond donors (Lipinski definition) is 0. The predicted molar refractivity (Wildman–Crippen MR) is 47.6 cm³/mol. The lowest BCUT2D eigenvalue weighted by Gasteiger charge is -2.07. The van der Waals surface area contributed by atoms with Crippen LogP contribution in [-0.4, -0.2) is 12.4 Å². The van der Waals surface area contributed by atoms with Crippen LogP contribution in [0, 0.1) is 0 Å². The van der Waals surface area contributed by atoms with E-state index in [2.05, 4.69) is 24.3 Å². The van der Waals surface area contributed by atoms with Gasteiger partial charge < -0.3 is 4.74 Å². The third kappa shape index (κ3) is 1.57. The van der Waals surface area contributed by atoms with E-state index in [0.29, 0.717) is 0 Å². The third-order valence-electron chi connectivity index (χ3n) is 1.69. The topological polar surface area (TPSA) is 9.23 Å². The highest BCUT2D eigenvalue weighted by molar-refractivity contribution is 7.99. The molecule has 1 fully saturated rings. The van der Waals surface area contributed by atoms with Crippen LogP contribution in [0.3, 0.4) is 0 Å². The normalized spacial score (nSPS) is 23.8. The minimum Gasteiger partial charge on any atom is -0.362 e. The Morgan fingerprint density at radius 1 is 1.27 bits per heavy atom. The lowest BCUT2D eigenvalue weighted by atomic mass is 10.2. The van der Waals surface area contributed by atoms with Crippen LogP contribution < -0.4 is 0 Å². The van der Waals surface area contributed by atoms with E-state index in [4.69, 9.17) is 4.74 Å². The number of hydrogen-bond acceptors (Lipinski definition) is 2. The summed E-state index contributed by atoms with van der Waals surface area (Å²) in [7, 11) is 0. The molecule has 1 heterocycles. The maximum absolute atomic E-state index is 5.50. The zero-order valence-corrected chi connectivity index (χ0v) is 7.01. The summed E-state index contributed by atoms with van der Waals surface area (Å²) in [6.45, 7) is 0.893. The highest BCUT2D eigenvalue weighted by Gasteiger charge is 2.16. The SMILES string of the molecule is c1ccc(C2OCCS2)cc1. The van der Waals surface area contributed by atoms with Gasteiger partial charge in [-0.15, -0.1) is 11.8 Å². The van der Waals surface area contributed by atoms with Crippen molar-refractivity contribution in [1.82, 2.24) is 0 Å². The molecule has 0 radical (unpaired) electrons. The largest absolute Gasteiger partial charge is 0.362 e. The third-order valence-corrected chi connectivity index (χ3v) is 2.81. The van der Waals surface area contributed by atoms with Crippen molar-refractivity contribution in [3.63, 3.8) is 0 Å². The molecule has 1 nitrogen and oxygen atoms in total. The average molecular weight is 166 g/mol. The second-order valence-corrected chi connectivity index (χ2v) is 3.65. The Bertz CT molecular complexity index is 216. The molecule has 0 spiro atoms. The molecule has 1 aliphatic rings. The van der Waals surface area contributed by atoms with Crippen molar-refractivity contribution in [1.29, 1.82) is 0 Å². The van der Waals surface area contributed by atoms with E-state index in [0.717, 1.165) is 12.4 Å². The van der Waals surface area contributed by atoms with Crippen LogP contribution in [0.15, 0.2) is 30.3 Å². The molecular formula is C9H10OS. The monoisotopic (exact) mass is 166 g/mol. The van der Waals surface area contributed by atoms with Crippen LogP contribution >= 0.6 is 11.8 Å². The van der Waals surface area contributed by atoms with Gasteiger partial charge in [0.15, 0.2) is 0 Å². The fourth-order valence-electron chi connectivity index (χ4n) is 1.16. The number of ether oxygens (including phenoxy) is 1. The van der Waals surface area contributed by atoms with Crippen molar-refractivity contribution in [2.45, 2.75) is 5.44 Å². The van der Waals surface area contributed by atoms with Gasteiger partial charge in [-0.25, -0.2) is 0 Å². The molecule has 0 amide bonds. The first-order valence-electron chi connectivity index (χ1n) is 3.75. The van der Waals surface area contributed by atoms with E-state index >= 15 is 0 Å². The van der Waals surface area contributed by atoms with Gasteiger partial charge >= 0.3 is 0 Å². The van der Waals surface area contributed by atoms with Crippen molar-refractivity contribution in [2.75, 3.05) is 12.4 Å². The van der Waals surface area contributed by atoms with Crippen molar-refractivity contribution in [2.24, 2.45) is 0 Å². The molecule has 1 atom stereocenters. The number of benzene rings is 1. The summed E-state index contributed by atoms with van der Waals surface area (Å²) in [4.78, 5) is 0. The zero-order valence-electron chi connectivity index (χ0n) is 6.19. The van der Waals surface area contributed by atoms with Crippen LogP contribution in [-0.2, 0) is 4.74 Å². The molecule has 1 aliphatic heterocycles. The Balaban J connectivity index is 2.16. The van der Waals surface area contributed by atoms with E-state index in [9.17, 15) is 0 Å². The Kier molecular flexibility index (Phi) is 2.15.